The summed E-state index contributed by atoms with van der Waals surface area (Å²) >= 11 is 0. The lowest BCUT2D eigenvalue weighted by Gasteiger charge is -2.23. The number of rotatable bonds is 4. The number of nitrogens with zero attached hydrogens (tertiary/aromatic N) is 1. The van der Waals surface area contributed by atoms with Gasteiger partial charge < -0.3 is 0 Å². The average Bonchev–Trinajstić information content (AvgIpc) is 3.07. The highest BCUT2D eigenvalue weighted by Crippen LogP contribution is 2.43. The summed E-state index contributed by atoms with van der Waals surface area (Å²) in [6.07, 6.45) is 3.93. The Labute approximate surface area is 252 Å². The second kappa shape index (κ2) is 10.5. The molecule has 1 aliphatic carbocycles. The Bertz CT molecular complexity index is 2240. The van der Waals surface area contributed by atoms with Crippen LogP contribution in [0, 0.1) is 6.92 Å². The first-order chi connectivity index (χ1) is 21.3. The number of aryl methyl sites for hydroxylation is 1. The predicted molar refractivity (Wildman–Crippen MR) is 181 cm³/mol. The normalized spacial score (nSPS) is 13.0. The lowest BCUT2D eigenvalue weighted by molar-refractivity contribution is 1.04. The molecule has 1 nitrogen and oxygen atoms in total. The van der Waals surface area contributed by atoms with Crippen LogP contribution < -0.4 is 10.4 Å². The van der Waals surface area contributed by atoms with Crippen LogP contribution in [0.1, 0.15) is 29.7 Å². The molecule has 1 heterocycles. The van der Waals surface area contributed by atoms with E-state index in [0.717, 1.165) is 18.5 Å². The fourth-order valence-electron chi connectivity index (χ4n) is 7.07. The Morgan fingerprint density at radius 1 is 0.419 bits per heavy atom. The van der Waals surface area contributed by atoms with E-state index in [2.05, 4.69) is 151 Å². The largest absolute Gasteiger partial charge is 0.262 e. The summed E-state index contributed by atoms with van der Waals surface area (Å²) in [5.41, 5.74) is 11.5. The van der Waals surface area contributed by atoms with E-state index in [9.17, 15) is 0 Å². The van der Waals surface area contributed by atoms with Gasteiger partial charge in [0.1, 0.15) is 0 Å². The number of hydrogen-bond donors (Lipinski definition) is 0. The number of aromatic nitrogens is 1. The van der Waals surface area contributed by atoms with E-state index in [0.29, 0.717) is 0 Å². The lowest BCUT2D eigenvalue weighted by atomic mass is 9.81. The minimum atomic E-state index is 1.01. The fourth-order valence-corrected chi connectivity index (χ4v) is 7.07. The van der Waals surface area contributed by atoms with Crippen LogP contribution in [-0.2, 0) is 0 Å². The molecule has 7 aromatic rings. The SMILES string of the molecule is Cc1cc(-c2cccc(-c3c4ccccc4c(C4=c5ccccc5=C(c5ccccc5)CC4)c4ccccc34)c2)ccn1. The van der Waals surface area contributed by atoms with Crippen molar-refractivity contribution in [2.45, 2.75) is 19.8 Å². The zero-order valence-corrected chi connectivity index (χ0v) is 24.2. The smallest absolute Gasteiger partial charge is 0.0378 e. The van der Waals surface area contributed by atoms with Gasteiger partial charge in [0, 0.05) is 11.9 Å². The Hall–Kier alpha value is -5.27. The minimum Gasteiger partial charge on any atom is -0.262 e. The molecule has 204 valence electrons. The molecule has 0 N–H and O–H groups in total. The summed E-state index contributed by atoms with van der Waals surface area (Å²) in [6.45, 7) is 2.05. The van der Waals surface area contributed by atoms with Crippen molar-refractivity contribution in [3.05, 3.63) is 173 Å². The van der Waals surface area contributed by atoms with Gasteiger partial charge in [-0.25, -0.2) is 0 Å². The quantitative estimate of drug-likeness (QED) is 0.199. The van der Waals surface area contributed by atoms with Crippen molar-refractivity contribution in [1.82, 2.24) is 4.98 Å². The first kappa shape index (κ1) is 25.4. The van der Waals surface area contributed by atoms with Crippen LogP contribution in [0.3, 0.4) is 0 Å². The van der Waals surface area contributed by atoms with Gasteiger partial charge in [-0.3, -0.25) is 4.98 Å². The van der Waals surface area contributed by atoms with Crippen LogP contribution in [0.25, 0.3) is 54.9 Å². The van der Waals surface area contributed by atoms with Crippen LogP contribution in [-0.4, -0.2) is 4.98 Å². The van der Waals surface area contributed by atoms with Gasteiger partial charge in [0.05, 0.1) is 0 Å². The van der Waals surface area contributed by atoms with Gasteiger partial charge in [-0.05, 0) is 114 Å². The van der Waals surface area contributed by atoms with Crippen LogP contribution in [0.4, 0.5) is 0 Å². The van der Waals surface area contributed by atoms with Crippen molar-refractivity contribution in [3.63, 3.8) is 0 Å². The van der Waals surface area contributed by atoms with E-state index in [1.165, 1.54) is 76.5 Å². The average molecular weight is 550 g/mol. The maximum atomic E-state index is 4.42. The van der Waals surface area contributed by atoms with Gasteiger partial charge in [0.2, 0.25) is 0 Å². The summed E-state index contributed by atoms with van der Waals surface area (Å²) in [5, 5.41) is 7.92. The molecule has 0 aliphatic heterocycles. The number of fused-ring (bicyclic) bond motifs is 3. The van der Waals surface area contributed by atoms with E-state index in [1.54, 1.807) is 0 Å². The summed E-state index contributed by atoms with van der Waals surface area (Å²) in [5.74, 6) is 0. The maximum Gasteiger partial charge on any atom is 0.0378 e. The molecule has 0 radical (unpaired) electrons. The highest BCUT2D eigenvalue weighted by atomic mass is 14.6. The van der Waals surface area contributed by atoms with E-state index >= 15 is 0 Å². The molecule has 0 saturated carbocycles. The van der Waals surface area contributed by atoms with Crippen molar-refractivity contribution >= 4 is 32.7 Å². The first-order valence-electron chi connectivity index (χ1n) is 15.1. The predicted octanol–water partition coefficient (Wildman–Crippen LogP) is 9.22. The van der Waals surface area contributed by atoms with Crippen LogP contribution in [0.15, 0.2) is 146 Å². The molecule has 6 aromatic carbocycles. The zero-order valence-electron chi connectivity index (χ0n) is 24.2. The van der Waals surface area contributed by atoms with Gasteiger partial charge >= 0.3 is 0 Å². The highest BCUT2D eigenvalue weighted by molar-refractivity contribution is 6.19. The third kappa shape index (κ3) is 4.37. The van der Waals surface area contributed by atoms with Crippen LogP contribution in [0.2, 0.25) is 0 Å². The topological polar surface area (TPSA) is 12.9 Å². The molecule has 0 fully saturated rings. The monoisotopic (exact) mass is 549 g/mol. The van der Waals surface area contributed by atoms with Gasteiger partial charge in [-0.15, -0.1) is 0 Å². The molecule has 0 amide bonds. The minimum absolute atomic E-state index is 1.01. The Morgan fingerprint density at radius 2 is 0.930 bits per heavy atom. The highest BCUT2D eigenvalue weighted by Gasteiger charge is 2.21. The second-order valence-electron chi connectivity index (χ2n) is 11.5. The Balaban J connectivity index is 1.45. The Morgan fingerprint density at radius 3 is 1.60 bits per heavy atom. The molecule has 0 bridgehead atoms. The van der Waals surface area contributed by atoms with E-state index in [4.69, 9.17) is 0 Å². The first-order valence-corrected chi connectivity index (χ1v) is 15.1. The van der Waals surface area contributed by atoms with E-state index in [-0.39, 0.29) is 0 Å². The molecule has 0 unspecified atom stereocenters. The summed E-state index contributed by atoms with van der Waals surface area (Å²) in [7, 11) is 0. The molecule has 0 spiro atoms. The zero-order chi connectivity index (χ0) is 28.8. The van der Waals surface area contributed by atoms with Crippen molar-refractivity contribution < 1.29 is 0 Å². The van der Waals surface area contributed by atoms with E-state index < -0.39 is 0 Å². The lowest BCUT2D eigenvalue weighted by Crippen LogP contribution is -2.32. The molecule has 43 heavy (non-hydrogen) atoms. The summed E-state index contributed by atoms with van der Waals surface area (Å²) in [4.78, 5) is 4.42. The van der Waals surface area contributed by atoms with Gasteiger partial charge in [-0.1, -0.05) is 121 Å². The van der Waals surface area contributed by atoms with Crippen molar-refractivity contribution in [1.29, 1.82) is 0 Å². The third-order valence-electron chi connectivity index (χ3n) is 8.94. The Kier molecular flexibility index (Phi) is 6.23. The molecule has 0 atom stereocenters. The van der Waals surface area contributed by atoms with Gasteiger partial charge in [-0.2, -0.15) is 0 Å². The number of pyridine rings is 1. The number of hydrogen-bond acceptors (Lipinski definition) is 1. The van der Waals surface area contributed by atoms with Crippen molar-refractivity contribution in [3.8, 4) is 22.3 Å². The summed E-state index contributed by atoms with van der Waals surface area (Å²) in [6, 6.07) is 51.2. The molecular weight excluding hydrogens is 518 g/mol. The molecular formula is C42H31N. The third-order valence-corrected chi connectivity index (χ3v) is 8.94. The molecule has 1 aliphatic rings. The van der Waals surface area contributed by atoms with Gasteiger partial charge in [0.15, 0.2) is 0 Å². The molecule has 1 aromatic heterocycles. The van der Waals surface area contributed by atoms with Crippen LogP contribution in [0.5, 0.6) is 0 Å². The van der Waals surface area contributed by atoms with Gasteiger partial charge in [0.25, 0.3) is 0 Å². The standard InChI is InChI=1S/C42H31N/c1-28-26-31(24-25-43-28)30-14-11-15-32(27-30)41-36-18-7-9-20-38(36)42(39-21-10-8-19-37(39)41)40-23-22-33(29-12-3-2-4-13-29)34-16-5-6-17-35(34)40/h2-21,24-27H,22-23H2,1H3. The molecule has 1 heteroatoms. The number of benzene rings is 6. The molecule has 8 rings (SSSR count). The van der Waals surface area contributed by atoms with Crippen molar-refractivity contribution in [2.75, 3.05) is 0 Å². The maximum absolute atomic E-state index is 4.42. The van der Waals surface area contributed by atoms with Crippen LogP contribution >= 0.6 is 0 Å². The fraction of sp³-hybridized carbons (Fsp3) is 0.0714. The second-order valence-corrected chi connectivity index (χ2v) is 11.5. The van der Waals surface area contributed by atoms with E-state index in [1.807, 2.05) is 6.20 Å². The van der Waals surface area contributed by atoms with Crippen molar-refractivity contribution in [2.24, 2.45) is 0 Å². The molecule has 0 saturated heterocycles. The summed E-state index contributed by atoms with van der Waals surface area (Å²) < 4.78 is 0.